The highest BCUT2D eigenvalue weighted by Crippen LogP contribution is 2.20. The van der Waals surface area contributed by atoms with Crippen molar-refractivity contribution < 1.29 is 14.6 Å². The summed E-state index contributed by atoms with van der Waals surface area (Å²) in [5.41, 5.74) is 1.51. The summed E-state index contributed by atoms with van der Waals surface area (Å²) >= 11 is 0. The molecular weight excluding hydrogens is 306 g/mol. The number of H-pyrrole nitrogens is 1. The van der Waals surface area contributed by atoms with E-state index in [4.69, 9.17) is 9.84 Å². The molecule has 1 heterocycles. The zero-order valence-electron chi connectivity index (χ0n) is 12.7. The monoisotopic (exact) mass is 321 g/mol. The van der Waals surface area contributed by atoms with Gasteiger partial charge in [-0.2, -0.15) is 0 Å². The summed E-state index contributed by atoms with van der Waals surface area (Å²) in [4.78, 5) is 25.2. The average Bonchev–Trinajstić information content (AvgIpc) is 2.61. The molecule has 0 spiro atoms. The maximum atomic E-state index is 11.7. The molecule has 2 aromatic carbocycles. The molecule has 0 fully saturated rings. The van der Waals surface area contributed by atoms with Crippen molar-refractivity contribution in [3.05, 3.63) is 88.2 Å². The molecule has 3 aromatic rings. The molecule has 5 nitrogen and oxygen atoms in total. The van der Waals surface area contributed by atoms with E-state index < -0.39 is 11.5 Å². The number of hydrogen-bond donors (Lipinski definition) is 2. The van der Waals surface area contributed by atoms with Gasteiger partial charge in [0.25, 0.3) is 5.56 Å². The minimum atomic E-state index is -1.24. The minimum Gasteiger partial charge on any atom is -0.489 e. The van der Waals surface area contributed by atoms with Crippen LogP contribution in [0, 0.1) is 0 Å². The van der Waals surface area contributed by atoms with Gasteiger partial charge in [-0.05, 0) is 47.5 Å². The maximum absolute atomic E-state index is 11.7. The normalized spacial score (nSPS) is 10.3. The second kappa shape index (κ2) is 6.83. The van der Waals surface area contributed by atoms with E-state index in [1.807, 2.05) is 54.6 Å². The van der Waals surface area contributed by atoms with Crippen LogP contribution < -0.4 is 10.3 Å². The van der Waals surface area contributed by atoms with Crippen LogP contribution in [-0.4, -0.2) is 16.1 Å². The van der Waals surface area contributed by atoms with Crippen LogP contribution in [0.25, 0.3) is 11.3 Å². The van der Waals surface area contributed by atoms with Crippen molar-refractivity contribution in [2.75, 3.05) is 0 Å². The second-order valence-corrected chi connectivity index (χ2v) is 5.22. The number of carboxylic acid groups (broad SMARTS) is 1. The van der Waals surface area contributed by atoms with E-state index in [-0.39, 0.29) is 5.56 Å². The summed E-state index contributed by atoms with van der Waals surface area (Å²) in [5.74, 6) is -0.528. The zero-order valence-corrected chi connectivity index (χ0v) is 12.7. The third-order valence-corrected chi connectivity index (χ3v) is 3.55. The van der Waals surface area contributed by atoms with E-state index in [2.05, 4.69) is 4.98 Å². The second-order valence-electron chi connectivity index (χ2n) is 5.22. The molecule has 0 aliphatic carbocycles. The van der Waals surface area contributed by atoms with Crippen LogP contribution >= 0.6 is 0 Å². The minimum absolute atomic E-state index is 0.276. The highest BCUT2D eigenvalue weighted by Gasteiger charge is 2.09. The van der Waals surface area contributed by atoms with Gasteiger partial charge in [0.05, 0.1) is 0 Å². The van der Waals surface area contributed by atoms with Gasteiger partial charge >= 0.3 is 5.97 Å². The first-order valence-electron chi connectivity index (χ1n) is 7.37. The van der Waals surface area contributed by atoms with Gasteiger partial charge in [-0.1, -0.05) is 30.3 Å². The van der Waals surface area contributed by atoms with Gasteiger partial charge in [-0.3, -0.25) is 4.79 Å². The SMILES string of the molecule is O=C(O)c1ccc(-c2ccc(OCc3ccccc3)cc2)[nH]c1=O. The Labute approximate surface area is 138 Å². The number of benzene rings is 2. The molecule has 3 rings (SSSR count). The van der Waals surface area contributed by atoms with Gasteiger partial charge in [0, 0.05) is 5.69 Å². The Morgan fingerprint density at radius 3 is 2.29 bits per heavy atom. The molecule has 5 heteroatoms. The Morgan fingerprint density at radius 1 is 0.958 bits per heavy atom. The van der Waals surface area contributed by atoms with Crippen molar-refractivity contribution in [3.63, 3.8) is 0 Å². The van der Waals surface area contributed by atoms with Gasteiger partial charge in [0.2, 0.25) is 0 Å². The number of carboxylic acids is 1. The number of ether oxygens (including phenoxy) is 1. The van der Waals surface area contributed by atoms with Crippen LogP contribution in [-0.2, 0) is 6.61 Å². The highest BCUT2D eigenvalue weighted by molar-refractivity contribution is 5.87. The van der Waals surface area contributed by atoms with Crippen LogP contribution in [0.15, 0.2) is 71.5 Å². The number of carbonyl (C=O) groups is 1. The molecule has 24 heavy (non-hydrogen) atoms. The molecule has 1 aromatic heterocycles. The summed E-state index contributed by atoms with van der Waals surface area (Å²) < 4.78 is 5.71. The Bertz CT molecular complexity index is 899. The van der Waals surface area contributed by atoms with Gasteiger partial charge < -0.3 is 14.8 Å². The van der Waals surface area contributed by atoms with Crippen molar-refractivity contribution in [3.8, 4) is 17.0 Å². The predicted octanol–water partition coefficient (Wildman–Crippen LogP) is 3.32. The lowest BCUT2D eigenvalue weighted by molar-refractivity contribution is 0.0695. The number of aromatic carboxylic acids is 1. The number of rotatable bonds is 5. The van der Waals surface area contributed by atoms with Crippen LogP contribution in [0.1, 0.15) is 15.9 Å². The van der Waals surface area contributed by atoms with Gasteiger partial charge in [0.15, 0.2) is 0 Å². The van der Waals surface area contributed by atoms with Crippen molar-refractivity contribution in [1.29, 1.82) is 0 Å². The fourth-order valence-electron chi connectivity index (χ4n) is 2.28. The third-order valence-electron chi connectivity index (χ3n) is 3.55. The Hall–Kier alpha value is -3.34. The van der Waals surface area contributed by atoms with Crippen LogP contribution in [0.5, 0.6) is 5.75 Å². The summed E-state index contributed by atoms with van der Waals surface area (Å²) in [6.45, 7) is 0.477. The molecule has 0 bridgehead atoms. The molecule has 0 aliphatic heterocycles. The molecule has 0 unspecified atom stereocenters. The summed E-state index contributed by atoms with van der Waals surface area (Å²) in [6, 6.07) is 20.0. The Kier molecular flexibility index (Phi) is 4.43. The largest absolute Gasteiger partial charge is 0.489 e. The fourth-order valence-corrected chi connectivity index (χ4v) is 2.28. The van der Waals surface area contributed by atoms with Crippen LogP contribution in [0.3, 0.4) is 0 Å². The summed E-state index contributed by atoms with van der Waals surface area (Å²) in [7, 11) is 0. The number of pyridine rings is 1. The van der Waals surface area contributed by atoms with E-state index in [0.717, 1.165) is 11.1 Å². The standard InChI is InChI=1S/C19H15NO4/c21-18-16(19(22)23)10-11-17(20-18)14-6-8-15(9-7-14)24-12-13-4-2-1-3-5-13/h1-11H,12H2,(H,20,21)(H,22,23). The smallest absolute Gasteiger partial charge is 0.341 e. The Balaban J connectivity index is 1.73. The van der Waals surface area contributed by atoms with Crippen LogP contribution in [0.2, 0.25) is 0 Å². The lowest BCUT2D eigenvalue weighted by Gasteiger charge is -2.08. The van der Waals surface area contributed by atoms with E-state index in [1.165, 1.54) is 6.07 Å². The molecule has 120 valence electrons. The lowest BCUT2D eigenvalue weighted by atomic mass is 10.1. The zero-order chi connectivity index (χ0) is 16.9. The van der Waals surface area contributed by atoms with Crippen molar-refractivity contribution >= 4 is 5.97 Å². The first-order valence-corrected chi connectivity index (χ1v) is 7.37. The van der Waals surface area contributed by atoms with E-state index in [9.17, 15) is 9.59 Å². The third kappa shape index (κ3) is 3.52. The van der Waals surface area contributed by atoms with Crippen molar-refractivity contribution in [1.82, 2.24) is 4.98 Å². The topological polar surface area (TPSA) is 79.4 Å². The Morgan fingerprint density at radius 2 is 1.67 bits per heavy atom. The van der Waals surface area contributed by atoms with Gasteiger partial charge in [-0.25, -0.2) is 4.79 Å². The lowest BCUT2D eigenvalue weighted by Crippen LogP contribution is -2.17. The van der Waals surface area contributed by atoms with E-state index in [1.54, 1.807) is 6.07 Å². The molecular formula is C19H15NO4. The summed E-state index contributed by atoms with van der Waals surface area (Å²) in [5, 5.41) is 8.88. The molecule has 0 atom stereocenters. The first kappa shape index (κ1) is 15.6. The number of aromatic amines is 1. The number of hydrogen-bond acceptors (Lipinski definition) is 3. The summed E-state index contributed by atoms with van der Waals surface area (Å²) in [6.07, 6.45) is 0. The van der Waals surface area contributed by atoms with E-state index in [0.29, 0.717) is 18.1 Å². The molecule has 2 N–H and O–H groups in total. The molecule has 0 saturated carbocycles. The highest BCUT2D eigenvalue weighted by atomic mass is 16.5. The molecule has 0 aliphatic rings. The fraction of sp³-hybridized carbons (Fsp3) is 0.0526. The molecule has 0 saturated heterocycles. The van der Waals surface area contributed by atoms with Gasteiger partial charge in [-0.15, -0.1) is 0 Å². The number of aromatic nitrogens is 1. The molecule has 0 amide bonds. The van der Waals surface area contributed by atoms with E-state index >= 15 is 0 Å². The quantitative estimate of drug-likeness (QED) is 0.755. The average molecular weight is 321 g/mol. The number of nitrogens with one attached hydrogen (secondary N) is 1. The predicted molar refractivity (Wildman–Crippen MR) is 90.2 cm³/mol. The maximum Gasteiger partial charge on any atom is 0.341 e. The van der Waals surface area contributed by atoms with Crippen molar-refractivity contribution in [2.24, 2.45) is 0 Å². The molecule has 0 radical (unpaired) electrons. The van der Waals surface area contributed by atoms with Crippen LogP contribution in [0.4, 0.5) is 0 Å². The van der Waals surface area contributed by atoms with Gasteiger partial charge in [0.1, 0.15) is 17.9 Å². The first-order chi connectivity index (χ1) is 11.6. The van der Waals surface area contributed by atoms with Crippen molar-refractivity contribution in [2.45, 2.75) is 6.61 Å².